The molecule has 6 heteroatoms. The molecule has 0 saturated heterocycles. The molecule has 0 atom stereocenters. The van der Waals surface area contributed by atoms with Crippen LogP contribution in [-0.4, -0.2) is 35.7 Å². The van der Waals surface area contributed by atoms with Gasteiger partial charge in [0.15, 0.2) is 0 Å². The molecule has 1 aromatic carbocycles. The average Bonchev–Trinajstić information content (AvgIpc) is 2.51. The highest BCUT2D eigenvalue weighted by atomic mass is 16.6. The fourth-order valence-corrected chi connectivity index (χ4v) is 2.49. The van der Waals surface area contributed by atoms with Gasteiger partial charge in [0.2, 0.25) is 0 Å². The van der Waals surface area contributed by atoms with Crippen molar-refractivity contribution >= 4 is 22.9 Å². The van der Waals surface area contributed by atoms with Crippen molar-refractivity contribution < 1.29 is 14.3 Å². The van der Waals surface area contributed by atoms with E-state index in [2.05, 4.69) is 15.6 Å². The van der Waals surface area contributed by atoms with Crippen molar-refractivity contribution in [1.82, 2.24) is 15.6 Å². The van der Waals surface area contributed by atoms with Gasteiger partial charge in [-0.2, -0.15) is 0 Å². The SMILES string of the molecule is Cc1ccc2cc(C(=O)NCCCNC(=O)OC(C)(C)C)c(C)nc2c1. The molecule has 0 radical (unpaired) electrons. The Morgan fingerprint density at radius 1 is 1.08 bits per heavy atom. The number of pyridine rings is 1. The van der Waals surface area contributed by atoms with Crippen molar-refractivity contribution in [3.63, 3.8) is 0 Å². The molecule has 2 rings (SSSR count). The van der Waals surface area contributed by atoms with Crippen LogP contribution in [0.5, 0.6) is 0 Å². The molecule has 0 aliphatic heterocycles. The van der Waals surface area contributed by atoms with Crippen LogP contribution >= 0.6 is 0 Å². The minimum Gasteiger partial charge on any atom is -0.444 e. The van der Waals surface area contributed by atoms with Crippen LogP contribution < -0.4 is 10.6 Å². The van der Waals surface area contributed by atoms with E-state index >= 15 is 0 Å². The molecule has 1 heterocycles. The minimum atomic E-state index is -0.516. The van der Waals surface area contributed by atoms with Gasteiger partial charge in [-0.1, -0.05) is 12.1 Å². The summed E-state index contributed by atoms with van der Waals surface area (Å²) in [7, 11) is 0. The van der Waals surface area contributed by atoms with Gasteiger partial charge in [-0.25, -0.2) is 4.79 Å². The normalized spacial score (nSPS) is 11.3. The van der Waals surface area contributed by atoms with Crippen molar-refractivity contribution in [2.75, 3.05) is 13.1 Å². The number of ether oxygens (including phenoxy) is 1. The van der Waals surface area contributed by atoms with E-state index in [9.17, 15) is 9.59 Å². The summed E-state index contributed by atoms with van der Waals surface area (Å²) in [5, 5.41) is 6.48. The van der Waals surface area contributed by atoms with Gasteiger partial charge in [-0.3, -0.25) is 9.78 Å². The van der Waals surface area contributed by atoms with Crippen molar-refractivity contribution in [3.05, 3.63) is 41.1 Å². The predicted molar refractivity (Wildman–Crippen MR) is 102 cm³/mol. The lowest BCUT2D eigenvalue weighted by molar-refractivity contribution is 0.0527. The maximum absolute atomic E-state index is 12.4. The molecule has 2 N–H and O–H groups in total. The van der Waals surface area contributed by atoms with Crippen LogP contribution in [0.1, 0.15) is 48.8 Å². The maximum atomic E-state index is 12.4. The average molecular weight is 357 g/mol. The third-order valence-corrected chi connectivity index (χ3v) is 3.72. The van der Waals surface area contributed by atoms with Crippen molar-refractivity contribution in [1.29, 1.82) is 0 Å². The molecule has 0 aliphatic rings. The molecule has 26 heavy (non-hydrogen) atoms. The van der Waals surface area contributed by atoms with Crippen LogP contribution in [0, 0.1) is 13.8 Å². The number of rotatable bonds is 5. The van der Waals surface area contributed by atoms with E-state index in [0.29, 0.717) is 30.8 Å². The van der Waals surface area contributed by atoms with Gasteiger partial charge < -0.3 is 15.4 Å². The van der Waals surface area contributed by atoms with Crippen LogP contribution in [0.2, 0.25) is 0 Å². The highest BCUT2D eigenvalue weighted by Crippen LogP contribution is 2.18. The molecule has 0 spiro atoms. The predicted octanol–water partition coefficient (Wildman–Crippen LogP) is 3.50. The molecular weight excluding hydrogens is 330 g/mol. The van der Waals surface area contributed by atoms with Crippen LogP contribution in [0.15, 0.2) is 24.3 Å². The minimum absolute atomic E-state index is 0.158. The first-order chi connectivity index (χ1) is 12.2. The van der Waals surface area contributed by atoms with Crippen molar-refractivity contribution in [2.45, 2.75) is 46.6 Å². The lowest BCUT2D eigenvalue weighted by Crippen LogP contribution is -2.34. The summed E-state index contributed by atoms with van der Waals surface area (Å²) >= 11 is 0. The maximum Gasteiger partial charge on any atom is 0.407 e. The quantitative estimate of drug-likeness (QED) is 0.803. The second kappa shape index (κ2) is 8.17. The number of hydrogen-bond acceptors (Lipinski definition) is 4. The third-order valence-electron chi connectivity index (χ3n) is 3.72. The number of aromatic nitrogens is 1. The zero-order chi connectivity index (χ0) is 19.3. The van der Waals surface area contributed by atoms with Crippen molar-refractivity contribution in [2.24, 2.45) is 0 Å². The van der Waals surface area contributed by atoms with E-state index < -0.39 is 11.7 Å². The van der Waals surface area contributed by atoms with Crippen LogP contribution in [0.4, 0.5) is 4.79 Å². The Morgan fingerprint density at radius 2 is 1.77 bits per heavy atom. The Kier molecular flexibility index (Phi) is 6.18. The lowest BCUT2D eigenvalue weighted by atomic mass is 10.1. The first kappa shape index (κ1) is 19.7. The summed E-state index contributed by atoms with van der Waals surface area (Å²) in [6, 6.07) is 7.85. The van der Waals surface area contributed by atoms with E-state index in [0.717, 1.165) is 16.5 Å². The highest BCUT2D eigenvalue weighted by Gasteiger charge is 2.15. The zero-order valence-corrected chi connectivity index (χ0v) is 16.1. The molecule has 0 bridgehead atoms. The fourth-order valence-electron chi connectivity index (χ4n) is 2.49. The van der Waals surface area contributed by atoms with Crippen LogP contribution in [0.3, 0.4) is 0 Å². The number of aryl methyl sites for hydroxylation is 2. The third kappa shape index (κ3) is 5.72. The van der Waals surface area contributed by atoms with Gasteiger partial charge in [-0.05, 0) is 58.7 Å². The van der Waals surface area contributed by atoms with Crippen LogP contribution in [-0.2, 0) is 4.74 Å². The molecule has 0 fully saturated rings. The topological polar surface area (TPSA) is 80.3 Å². The Labute approximate surface area is 154 Å². The van der Waals surface area contributed by atoms with E-state index in [1.807, 2.05) is 58.9 Å². The van der Waals surface area contributed by atoms with Gasteiger partial charge in [0, 0.05) is 18.5 Å². The number of benzene rings is 1. The molecule has 0 unspecified atom stereocenters. The molecule has 6 nitrogen and oxygen atoms in total. The van der Waals surface area contributed by atoms with E-state index in [4.69, 9.17) is 4.74 Å². The summed E-state index contributed by atoms with van der Waals surface area (Å²) in [5.74, 6) is -0.158. The zero-order valence-electron chi connectivity index (χ0n) is 16.1. The number of nitrogens with one attached hydrogen (secondary N) is 2. The fraction of sp³-hybridized carbons (Fsp3) is 0.450. The number of alkyl carbamates (subject to hydrolysis) is 1. The Morgan fingerprint density at radius 3 is 2.46 bits per heavy atom. The lowest BCUT2D eigenvalue weighted by Gasteiger charge is -2.19. The van der Waals surface area contributed by atoms with Crippen LogP contribution in [0.25, 0.3) is 10.9 Å². The molecule has 140 valence electrons. The highest BCUT2D eigenvalue weighted by molar-refractivity contribution is 5.98. The Hall–Kier alpha value is -2.63. The first-order valence-electron chi connectivity index (χ1n) is 8.79. The largest absolute Gasteiger partial charge is 0.444 e. The molecule has 1 aromatic heterocycles. The van der Waals surface area contributed by atoms with E-state index in [1.165, 1.54) is 0 Å². The van der Waals surface area contributed by atoms with E-state index in [1.54, 1.807) is 0 Å². The monoisotopic (exact) mass is 357 g/mol. The molecule has 2 amide bonds. The van der Waals surface area contributed by atoms with Gasteiger partial charge in [0.25, 0.3) is 5.91 Å². The second-order valence-electron chi connectivity index (χ2n) is 7.36. The summed E-state index contributed by atoms with van der Waals surface area (Å²) in [4.78, 5) is 28.5. The summed E-state index contributed by atoms with van der Waals surface area (Å²) < 4.78 is 5.15. The first-order valence-corrected chi connectivity index (χ1v) is 8.79. The van der Waals surface area contributed by atoms with Gasteiger partial charge in [0.05, 0.1) is 16.8 Å². The number of hydrogen-bond donors (Lipinski definition) is 2. The summed E-state index contributed by atoms with van der Waals surface area (Å²) in [5.41, 5.74) is 2.78. The second-order valence-corrected chi connectivity index (χ2v) is 7.36. The molecule has 0 aliphatic carbocycles. The number of fused-ring (bicyclic) bond motifs is 1. The number of nitrogens with zero attached hydrogens (tertiary/aromatic N) is 1. The molecule has 0 saturated carbocycles. The summed E-state index contributed by atoms with van der Waals surface area (Å²) in [6.45, 7) is 10.2. The van der Waals surface area contributed by atoms with E-state index in [-0.39, 0.29) is 5.91 Å². The number of carbonyl (C=O) groups excluding carboxylic acids is 2. The van der Waals surface area contributed by atoms with Crippen molar-refractivity contribution in [3.8, 4) is 0 Å². The standard InChI is InChI=1S/C20H27N3O3/c1-13-7-8-15-12-16(14(2)23-17(15)11-13)18(24)21-9-6-10-22-19(25)26-20(3,4)5/h7-8,11-12H,6,9-10H2,1-5H3,(H,21,24)(H,22,25). The summed E-state index contributed by atoms with van der Waals surface area (Å²) in [6.07, 6.45) is 0.165. The number of amides is 2. The molecule has 2 aromatic rings. The smallest absolute Gasteiger partial charge is 0.407 e. The Bertz CT molecular complexity index is 810. The van der Waals surface area contributed by atoms with Gasteiger partial charge in [0.1, 0.15) is 5.60 Å². The number of carbonyl (C=O) groups is 2. The van der Waals surface area contributed by atoms with Gasteiger partial charge >= 0.3 is 6.09 Å². The molecular formula is C20H27N3O3. The Balaban J connectivity index is 1.85. The van der Waals surface area contributed by atoms with Gasteiger partial charge in [-0.15, -0.1) is 0 Å².